The number of carbonyl (C=O) groups is 2. The van der Waals surface area contributed by atoms with Crippen LogP contribution in [0.3, 0.4) is 0 Å². The van der Waals surface area contributed by atoms with E-state index in [0.717, 1.165) is 11.3 Å². The number of rotatable bonds is 4. The number of ether oxygens (including phenoxy) is 1. The number of hydrogen-bond donors (Lipinski definition) is 1. The van der Waals surface area contributed by atoms with Crippen LogP contribution in [0.2, 0.25) is 0 Å². The highest BCUT2D eigenvalue weighted by atomic mass is 16.5. The lowest BCUT2D eigenvalue weighted by atomic mass is 10.1. The molecule has 2 aromatic carbocycles. The van der Waals surface area contributed by atoms with Crippen LogP contribution in [0.15, 0.2) is 48.5 Å². The number of para-hydroxylation sites is 2. The second-order valence-corrected chi connectivity index (χ2v) is 5.57. The van der Waals surface area contributed by atoms with Crippen molar-refractivity contribution in [2.24, 2.45) is 0 Å². The van der Waals surface area contributed by atoms with Gasteiger partial charge in [-0.1, -0.05) is 30.3 Å². The Morgan fingerprint density at radius 2 is 1.88 bits per heavy atom. The lowest BCUT2D eigenvalue weighted by Gasteiger charge is -2.25. The van der Waals surface area contributed by atoms with E-state index in [1.807, 2.05) is 37.3 Å². The van der Waals surface area contributed by atoms with Crippen molar-refractivity contribution in [2.75, 3.05) is 18.6 Å². The maximum atomic E-state index is 13.2. The number of carbonyl (C=O) groups excluding carboxylic acids is 2. The molecule has 1 atom stereocenters. The van der Waals surface area contributed by atoms with Gasteiger partial charge in [-0.3, -0.25) is 14.5 Å². The maximum Gasteiger partial charge on any atom is 0.262 e. The zero-order chi connectivity index (χ0) is 17.1. The first-order valence-corrected chi connectivity index (χ1v) is 8.02. The minimum atomic E-state index is -0.547. The summed E-state index contributed by atoms with van der Waals surface area (Å²) in [4.78, 5) is 27.1. The lowest BCUT2D eigenvalue weighted by molar-refractivity contribution is -0.121. The van der Waals surface area contributed by atoms with Gasteiger partial charge in [0.15, 0.2) is 0 Å². The van der Waals surface area contributed by atoms with E-state index in [0.29, 0.717) is 24.3 Å². The van der Waals surface area contributed by atoms with Crippen LogP contribution in [0, 0.1) is 0 Å². The number of likely N-dealkylation sites (N-methyl/N-ethyl adjacent to an activating group) is 1. The van der Waals surface area contributed by atoms with Crippen molar-refractivity contribution >= 4 is 17.5 Å². The molecular weight excluding hydrogens is 304 g/mol. The standard InChI is InChI=1S/C19H20N2O3/c1-3-24-17-11-7-5-9-14(17)19(23)21-15-10-6-4-8-13(15)12-16(21)18(22)20-2/h4-11,16H,3,12H2,1-2H3,(H,20,22). The van der Waals surface area contributed by atoms with Crippen molar-refractivity contribution in [3.63, 3.8) is 0 Å². The van der Waals surface area contributed by atoms with Crippen LogP contribution in [0.4, 0.5) is 5.69 Å². The Bertz CT molecular complexity index is 773. The van der Waals surface area contributed by atoms with E-state index < -0.39 is 6.04 Å². The minimum absolute atomic E-state index is 0.173. The van der Waals surface area contributed by atoms with Gasteiger partial charge in [-0.15, -0.1) is 0 Å². The van der Waals surface area contributed by atoms with E-state index in [1.54, 1.807) is 30.1 Å². The van der Waals surface area contributed by atoms with Crippen LogP contribution in [0.5, 0.6) is 5.75 Å². The number of amides is 2. The molecule has 1 unspecified atom stereocenters. The van der Waals surface area contributed by atoms with Crippen LogP contribution < -0.4 is 15.0 Å². The molecule has 1 N–H and O–H groups in total. The Balaban J connectivity index is 2.04. The number of nitrogens with one attached hydrogen (secondary N) is 1. The number of hydrogen-bond acceptors (Lipinski definition) is 3. The fourth-order valence-corrected chi connectivity index (χ4v) is 3.07. The Morgan fingerprint density at radius 1 is 1.17 bits per heavy atom. The Kier molecular flexibility index (Phi) is 4.51. The van der Waals surface area contributed by atoms with E-state index in [-0.39, 0.29) is 11.8 Å². The van der Waals surface area contributed by atoms with Gasteiger partial charge in [-0.2, -0.15) is 0 Å². The van der Waals surface area contributed by atoms with Gasteiger partial charge in [0.1, 0.15) is 11.8 Å². The van der Waals surface area contributed by atoms with Crippen LogP contribution >= 0.6 is 0 Å². The summed E-state index contributed by atoms with van der Waals surface area (Å²) in [6, 6.07) is 14.2. The lowest BCUT2D eigenvalue weighted by Crippen LogP contribution is -2.47. The van der Waals surface area contributed by atoms with E-state index in [1.165, 1.54) is 0 Å². The minimum Gasteiger partial charge on any atom is -0.493 e. The highest BCUT2D eigenvalue weighted by Crippen LogP contribution is 2.34. The van der Waals surface area contributed by atoms with Gasteiger partial charge in [-0.25, -0.2) is 0 Å². The third-order valence-electron chi connectivity index (χ3n) is 4.16. The molecule has 124 valence electrons. The number of anilines is 1. The molecule has 0 radical (unpaired) electrons. The SMILES string of the molecule is CCOc1ccccc1C(=O)N1c2ccccc2CC1C(=O)NC. The number of fused-ring (bicyclic) bond motifs is 1. The second-order valence-electron chi connectivity index (χ2n) is 5.57. The van der Waals surface area contributed by atoms with Crippen molar-refractivity contribution in [3.05, 3.63) is 59.7 Å². The third kappa shape index (κ3) is 2.73. The number of benzene rings is 2. The van der Waals surface area contributed by atoms with Crippen molar-refractivity contribution in [1.82, 2.24) is 5.32 Å². The van der Waals surface area contributed by atoms with Crippen molar-refractivity contribution in [2.45, 2.75) is 19.4 Å². The Labute approximate surface area is 141 Å². The van der Waals surface area contributed by atoms with Gasteiger partial charge in [0, 0.05) is 19.2 Å². The largest absolute Gasteiger partial charge is 0.493 e. The molecule has 0 spiro atoms. The van der Waals surface area contributed by atoms with Gasteiger partial charge in [0.05, 0.1) is 12.2 Å². The first-order chi connectivity index (χ1) is 11.7. The average Bonchev–Trinajstić information content (AvgIpc) is 3.00. The summed E-state index contributed by atoms with van der Waals surface area (Å²) in [6.45, 7) is 2.35. The van der Waals surface area contributed by atoms with Crippen LogP contribution in [0.25, 0.3) is 0 Å². The van der Waals surface area contributed by atoms with E-state index in [9.17, 15) is 9.59 Å². The molecule has 1 heterocycles. The smallest absolute Gasteiger partial charge is 0.262 e. The van der Waals surface area contributed by atoms with Crippen LogP contribution in [0.1, 0.15) is 22.8 Å². The van der Waals surface area contributed by atoms with Crippen molar-refractivity contribution in [3.8, 4) is 5.75 Å². The van der Waals surface area contributed by atoms with E-state index >= 15 is 0 Å². The van der Waals surface area contributed by atoms with Crippen LogP contribution in [-0.4, -0.2) is 31.5 Å². The zero-order valence-electron chi connectivity index (χ0n) is 13.8. The molecule has 2 amide bonds. The van der Waals surface area contributed by atoms with Gasteiger partial charge in [0.25, 0.3) is 5.91 Å². The van der Waals surface area contributed by atoms with Gasteiger partial charge in [0.2, 0.25) is 5.91 Å². The summed E-state index contributed by atoms with van der Waals surface area (Å²) in [5.74, 6) is 0.135. The van der Waals surface area contributed by atoms with E-state index in [4.69, 9.17) is 4.74 Å². The fraction of sp³-hybridized carbons (Fsp3) is 0.263. The Hall–Kier alpha value is -2.82. The first-order valence-electron chi connectivity index (χ1n) is 8.02. The van der Waals surface area contributed by atoms with E-state index in [2.05, 4.69) is 5.32 Å². The summed E-state index contributed by atoms with van der Waals surface area (Å²) in [5.41, 5.74) is 2.24. The molecule has 1 aliphatic heterocycles. The molecule has 5 nitrogen and oxygen atoms in total. The van der Waals surface area contributed by atoms with Crippen molar-refractivity contribution < 1.29 is 14.3 Å². The number of nitrogens with zero attached hydrogens (tertiary/aromatic N) is 1. The molecule has 5 heteroatoms. The van der Waals surface area contributed by atoms with Gasteiger partial charge >= 0.3 is 0 Å². The topological polar surface area (TPSA) is 58.6 Å². The molecule has 0 saturated carbocycles. The molecule has 0 aliphatic carbocycles. The normalized spacial score (nSPS) is 15.8. The summed E-state index contributed by atoms with van der Waals surface area (Å²) in [5, 5.41) is 2.65. The maximum absolute atomic E-state index is 13.2. The first kappa shape index (κ1) is 16.1. The monoisotopic (exact) mass is 324 g/mol. The fourth-order valence-electron chi connectivity index (χ4n) is 3.07. The molecule has 0 saturated heterocycles. The predicted molar refractivity (Wildman–Crippen MR) is 92.4 cm³/mol. The van der Waals surface area contributed by atoms with Gasteiger partial charge < -0.3 is 10.1 Å². The quantitative estimate of drug-likeness (QED) is 0.939. The molecule has 2 aromatic rings. The summed E-state index contributed by atoms with van der Waals surface area (Å²) in [7, 11) is 1.59. The van der Waals surface area contributed by atoms with Crippen molar-refractivity contribution in [1.29, 1.82) is 0 Å². The summed E-state index contributed by atoms with van der Waals surface area (Å²) < 4.78 is 5.58. The highest BCUT2D eigenvalue weighted by Gasteiger charge is 2.38. The molecule has 0 aromatic heterocycles. The second kappa shape index (κ2) is 6.74. The third-order valence-corrected chi connectivity index (χ3v) is 4.16. The molecule has 0 bridgehead atoms. The summed E-state index contributed by atoms with van der Waals surface area (Å²) in [6.07, 6.45) is 0.512. The predicted octanol–water partition coefficient (Wildman–Crippen LogP) is 2.40. The summed E-state index contributed by atoms with van der Waals surface area (Å²) >= 11 is 0. The van der Waals surface area contributed by atoms with Gasteiger partial charge in [-0.05, 0) is 30.7 Å². The van der Waals surface area contributed by atoms with Crippen LogP contribution in [-0.2, 0) is 11.2 Å². The molecular formula is C19H20N2O3. The highest BCUT2D eigenvalue weighted by molar-refractivity contribution is 6.12. The Morgan fingerprint density at radius 3 is 2.62 bits per heavy atom. The molecule has 0 fully saturated rings. The molecule has 1 aliphatic rings. The zero-order valence-corrected chi connectivity index (χ0v) is 13.8. The molecule has 24 heavy (non-hydrogen) atoms. The molecule has 3 rings (SSSR count). The average molecular weight is 324 g/mol.